The van der Waals surface area contributed by atoms with Crippen molar-refractivity contribution >= 4 is 12.4 Å². The molecule has 0 aliphatic carbocycles. The van der Waals surface area contributed by atoms with Crippen molar-refractivity contribution in [1.29, 1.82) is 0 Å². The van der Waals surface area contributed by atoms with E-state index in [1.165, 1.54) is 12.1 Å². The predicted molar refractivity (Wildman–Crippen MR) is 46.1 cm³/mol. The standard InChI is InChI=1S/C8H8FNO.ClH/c9-5-1-2-8-6(3-5)7(10)4-11-8;/h1-3,7H,4,10H2;1H/t7-;/m1./s1. The normalized spacial score (nSPS) is 19.3. The molecule has 0 radical (unpaired) electrons. The second-order valence-electron chi connectivity index (χ2n) is 2.60. The number of hydrogen-bond donors (Lipinski definition) is 1. The van der Waals surface area contributed by atoms with Crippen LogP contribution in [0, 0.1) is 5.82 Å². The van der Waals surface area contributed by atoms with Gasteiger partial charge in [-0.2, -0.15) is 0 Å². The largest absolute Gasteiger partial charge is 0.491 e. The van der Waals surface area contributed by atoms with Crippen LogP contribution in [0.15, 0.2) is 18.2 Å². The van der Waals surface area contributed by atoms with Crippen LogP contribution in [0.1, 0.15) is 11.6 Å². The molecule has 4 heteroatoms. The predicted octanol–water partition coefficient (Wildman–Crippen LogP) is 1.64. The van der Waals surface area contributed by atoms with Crippen molar-refractivity contribution in [3.8, 4) is 5.75 Å². The molecule has 66 valence electrons. The first-order valence-corrected chi connectivity index (χ1v) is 3.45. The van der Waals surface area contributed by atoms with E-state index in [-0.39, 0.29) is 24.3 Å². The third kappa shape index (κ3) is 1.38. The number of fused-ring (bicyclic) bond motifs is 1. The smallest absolute Gasteiger partial charge is 0.124 e. The molecule has 0 amide bonds. The van der Waals surface area contributed by atoms with Crippen LogP contribution in [0.3, 0.4) is 0 Å². The summed E-state index contributed by atoms with van der Waals surface area (Å²) in [6.45, 7) is 0.457. The minimum absolute atomic E-state index is 0. The van der Waals surface area contributed by atoms with Gasteiger partial charge in [-0.05, 0) is 18.2 Å². The van der Waals surface area contributed by atoms with Crippen LogP contribution in [-0.4, -0.2) is 6.61 Å². The van der Waals surface area contributed by atoms with E-state index in [9.17, 15) is 4.39 Å². The molecule has 1 atom stereocenters. The first-order valence-electron chi connectivity index (χ1n) is 3.45. The Labute approximate surface area is 75.9 Å². The highest BCUT2D eigenvalue weighted by atomic mass is 35.5. The molecule has 0 fully saturated rings. The van der Waals surface area contributed by atoms with Gasteiger partial charge in [-0.25, -0.2) is 4.39 Å². The molecule has 1 aliphatic heterocycles. The summed E-state index contributed by atoms with van der Waals surface area (Å²) in [5.74, 6) is 0.448. The Kier molecular flexibility index (Phi) is 2.55. The summed E-state index contributed by atoms with van der Waals surface area (Å²) in [4.78, 5) is 0. The molecule has 0 spiro atoms. The first-order chi connectivity index (χ1) is 5.27. The molecular weight excluding hydrogens is 181 g/mol. The average Bonchev–Trinajstić information content (AvgIpc) is 2.33. The molecule has 1 heterocycles. The van der Waals surface area contributed by atoms with Gasteiger partial charge in [0.05, 0.1) is 6.04 Å². The molecule has 1 aliphatic rings. The van der Waals surface area contributed by atoms with E-state index in [2.05, 4.69) is 0 Å². The van der Waals surface area contributed by atoms with Crippen molar-refractivity contribution in [2.45, 2.75) is 6.04 Å². The molecule has 2 N–H and O–H groups in total. The highest BCUT2D eigenvalue weighted by molar-refractivity contribution is 5.85. The van der Waals surface area contributed by atoms with Gasteiger partial charge in [0.25, 0.3) is 0 Å². The number of benzene rings is 1. The molecule has 2 rings (SSSR count). The highest BCUT2D eigenvalue weighted by Gasteiger charge is 2.20. The monoisotopic (exact) mass is 189 g/mol. The van der Waals surface area contributed by atoms with Gasteiger partial charge in [0.15, 0.2) is 0 Å². The second kappa shape index (κ2) is 3.29. The molecule has 0 bridgehead atoms. The Hall–Kier alpha value is -0.800. The lowest BCUT2D eigenvalue weighted by Crippen LogP contribution is -2.10. The fraction of sp³-hybridized carbons (Fsp3) is 0.250. The van der Waals surface area contributed by atoms with Crippen LogP contribution >= 0.6 is 12.4 Å². The number of hydrogen-bond acceptors (Lipinski definition) is 2. The summed E-state index contributed by atoms with van der Waals surface area (Å²) in [5, 5.41) is 0. The lowest BCUT2D eigenvalue weighted by atomic mass is 10.1. The lowest BCUT2D eigenvalue weighted by molar-refractivity contribution is 0.333. The topological polar surface area (TPSA) is 35.2 Å². The van der Waals surface area contributed by atoms with Crippen molar-refractivity contribution in [2.24, 2.45) is 5.73 Å². The van der Waals surface area contributed by atoms with Crippen molar-refractivity contribution in [3.63, 3.8) is 0 Å². The van der Waals surface area contributed by atoms with Gasteiger partial charge in [0.2, 0.25) is 0 Å². The fourth-order valence-corrected chi connectivity index (χ4v) is 1.21. The Morgan fingerprint density at radius 2 is 2.25 bits per heavy atom. The van der Waals surface area contributed by atoms with E-state index in [0.717, 1.165) is 5.56 Å². The third-order valence-electron chi connectivity index (χ3n) is 1.79. The van der Waals surface area contributed by atoms with Gasteiger partial charge in [0.1, 0.15) is 18.2 Å². The van der Waals surface area contributed by atoms with Crippen molar-refractivity contribution in [2.75, 3.05) is 6.61 Å². The zero-order valence-corrected chi connectivity index (χ0v) is 7.10. The lowest BCUT2D eigenvalue weighted by Gasteiger charge is -1.98. The summed E-state index contributed by atoms with van der Waals surface area (Å²) in [7, 11) is 0. The van der Waals surface area contributed by atoms with Crippen LogP contribution in [0.5, 0.6) is 5.75 Å². The number of rotatable bonds is 0. The summed E-state index contributed by atoms with van der Waals surface area (Å²) in [5.41, 5.74) is 6.39. The van der Waals surface area contributed by atoms with Crippen LogP contribution in [0.2, 0.25) is 0 Å². The molecule has 2 nitrogen and oxygen atoms in total. The van der Waals surface area contributed by atoms with Gasteiger partial charge >= 0.3 is 0 Å². The minimum atomic E-state index is -0.260. The van der Waals surface area contributed by atoms with E-state index in [4.69, 9.17) is 10.5 Å². The molecule has 12 heavy (non-hydrogen) atoms. The van der Waals surface area contributed by atoms with Gasteiger partial charge in [0, 0.05) is 5.56 Å². The minimum Gasteiger partial charge on any atom is -0.491 e. The Morgan fingerprint density at radius 3 is 3.00 bits per heavy atom. The first kappa shape index (κ1) is 9.29. The summed E-state index contributed by atoms with van der Waals surface area (Å²) < 4.78 is 17.8. The fourth-order valence-electron chi connectivity index (χ4n) is 1.21. The highest BCUT2D eigenvalue weighted by Crippen LogP contribution is 2.30. The Balaban J connectivity index is 0.000000720. The van der Waals surface area contributed by atoms with Crippen molar-refractivity contribution in [1.82, 2.24) is 0 Å². The molecule has 1 aromatic rings. The molecular formula is C8H9ClFNO. The maximum absolute atomic E-state index is 12.6. The Morgan fingerprint density at radius 1 is 1.50 bits per heavy atom. The summed E-state index contributed by atoms with van der Waals surface area (Å²) >= 11 is 0. The van der Waals surface area contributed by atoms with Gasteiger partial charge < -0.3 is 10.5 Å². The molecule has 0 saturated heterocycles. The zero-order valence-electron chi connectivity index (χ0n) is 6.29. The maximum Gasteiger partial charge on any atom is 0.124 e. The van der Waals surface area contributed by atoms with Crippen LogP contribution in [-0.2, 0) is 0 Å². The van der Waals surface area contributed by atoms with E-state index in [1.807, 2.05) is 0 Å². The van der Waals surface area contributed by atoms with Gasteiger partial charge in [-0.3, -0.25) is 0 Å². The summed E-state index contributed by atoms with van der Waals surface area (Å²) in [6.07, 6.45) is 0. The maximum atomic E-state index is 12.6. The second-order valence-corrected chi connectivity index (χ2v) is 2.60. The van der Waals surface area contributed by atoms with Gasteiger partial charge in [-0.1, -0.05) is 0 Å². The van der Waals surface area contributed by atoms with Gasteiger partial charge in [-0.15, -0.1) is 12.4 Å². The number of halogens is 2. The SMILES string of the molecule is Cl.N[C@@H]1COc2ccc(F)cc21. The van der Waals surface area contributed by atoms with Crippen LogP contribution < -0.4 is 10.5 Å². The number of ether oxygens (including phenoxy) is 1. The third-order valence-corrected chi connectivity index (χ3v) is 1.79. The van der Waals surface area contributed by atoms with Crippen LogP contribution in [0.4, 0.5) is 4.39 Å². The van der Waals surface area contributed by atoms with E-state index in [0.29, 0.717) is 12.4 Å². The zero-order chi connectivity index (χ0) is 7.84. The molecule has 0 unspecified atom stereocenters. The quantitative estimate of drug-likeness (QED) is 0.674. The van der Waals surface area contributed by atoms with Crippen molar-refractivity contribution < 1.29 is 9.13 Å². The summed E-state index contributed by atoms with van der Waals surface area (Å²) in [6, 6.07) is 4.24. The van der Waals surface area contributed by atoms with E-state index >= 15 is 0 Å². The van der Waals surface area contributed by atoms with E-state index < -0.39 is 0 Å². The average molecular weight is 190 g/mol. The van der Waals surface area contributed by atoms with Crippen LogP contribution in [0.25, 0.3) is 0 Å². The van der Waals surface area contributed by atoms with Crippen molar-refractivity contribution in [3.05, 3.63) is 29.6 Å². The molecule has 0 saturated carbocycles. The number of nitrogens with two attached hydrogens (primary N) is 1. The Bertz CT molecular complexity index is 292. The molecule has 0 aromatic heterocycles. The van der Waals surface area contributed by atoms with E-state index in [1.54, 1.807) is 6.07 Å². The molecule has 1 aromatic carbocycles.